The minimum atomic E-state index is -0.472. The third-order valence-corrected chi connectivity index (χ3v) is 11.2. The van der Waals surface area contributed by atoms with Gasteiger partial charge in [0.1, 0.15) is 37.6 Å². The number of rotatable bonds is 42. The van der Waals surface area contributed by atoms with E-state index in [2.05, 4.69) is 27.7 Å². The van der Waals surface area contributed by atoms with Crippen LogP contribution in [0.5, 0.6) is 0 Å². The van der Waals surface area contributed by atoms with E-state index in [0.29, 0.717) is 13.2 Å². The second-order valence-corrected chi connectivity index (χ2v) is 17.3. The van der Waals surface area contributed by atoms with Crippen molar-refractivity contribution in [1.82, 2.24) is 0 Å². The number of esters is 2. The van der Waals surface area contributed by atoms with Gasteiger partial charge in [0, 0.05) is 0 Å². The largest absolute Gasteiger partial charge is 0.461 e. The molecule has 368 valence electrons. The summed E-state index contributed by atoms with van der Waals surface area (Å²) in [5.41, 5.74) is 2.07. The second-order valence-electron chi connectivity index (χ2n) is 17.3. The van der Waals surface area contributed by atoms with Gasteiger partial charge >= 0.3 is 11.9 Å². The van der Waals surface area contributed by atoms with Crippen molar-refractivity contribution >= 4 is 11.9 Å². The van der Waals surface area contributed by atoms with Gasteiger partial charge in [0.25, 0.3) is 0 Å². The van der Waals surface area contributed by atoms with Gasteiger partial charge in [-0.1, -0.05) is 191 Å². The molecular weight excluding hydrogens is 809 g/mol. The lowest BCUT2D eigenvalue weighted by atomic mass is 10.0. The van der Waals surface area contributed by atoms with Crippen LogP contribution in [0.15, 0.2) is 60.7 Å². The summed E-state index contributed by atoms with van der Waals surface area (Å²) in [6.07, 6.45) is 26.5. The molecule has 2 N–H and O–H groups in total. The van der Waals surface area contributed by atoms with E-state index >= 15 is 0 Å². The van der Waals surface area contributed by atoms with Crippen molar-refractivity contribution in [3.05, 3.63) is 71.8 Å². The molecule has 10 heteroatoms. The van der Waals surface area contributed by atoms with Gasteiger partial charge in [-0.2, -0.15) is 0 Å². The minimum absolute atomic E-state index is 0.0552. The predicted molar refractivity (Wildman–Crippen MR) is 259 cm³/mol. The number of ether oxygens (including phenoxy) is 6. The first-order chi connectivity index (χ1) is 31.4. The maximum absolute atomic E-state index is 12.9. The number of benzene rings is 2. The van der Waals surface area contributed by atoms with Gasteiger partial charge in [-0.15, -0.1) is 0 Å². The Balaban J connectivity index is 0.00000134. The van der Waals surface area contributed by atoms with Crippen LogP contribution in [0.2, 0.25) is 0 Å². The third kappa shape index (κ3) is 35.4. The average Bonchev–Trinajstić information content (AvgIpc) is 3.31. The number of aliphatic hydroxyl groups excluding tert-OH is 2. The van der Waals surface area contributed by atoms with Crippen LogP contribution in [0.3, 0.4) is 0 Å². The summed E-state index contributed by atoms with van der Waals surface area (Å²) in [5, 5.41) is 17.4. The highest BCUT2D eigenvalue weighted by Crippen LogP contribution is 2.18. The summed E-state index contributed by atoms with van der Waals surface area (Å²) < 4.78 is 34.9. The summed E-state index contributed by atoms with van der Waals surface area (Å²) in [6, 6.07) is 19.6. The van der Waals surface area contributed by atoms with Crippen molar-refractivity contribution in [2.45, 2.75) is 219 Å². The highest BCUT2D eigenvalue weighted by Gasteiger charge is 2.19. The molecule has 0 atom stereocenters. The quantitative estimate of drug-likeness (QED) is 0.0490. The van der Waals surface area contributed by atoms with Gasteiger partial charge in [0.2, 0.25) is 0 Å². The van der Waals surface area contributed by atoms with Crippen LogP contribution in [0.1, 0.15) is 193 Å². The molecule has 0 heterocycles. The van der Waals surface area contributed by atoms with Crippen molar-refractivity contribution in [3.63, 3.8) is 0 Å². The fourth-order valence-corrected chi connectivity index (χ4v) is 7.30. The highest BCUT2D eigenvalue weighted by molar-refractivity contribution is 5.71. The van der Waals surface area contributed by atoms with Crippen LogP contribution < -0.4 is 0 Å². The maximum atomic E-state index is 12.9. The summed E-state index contributed by atoms with van der Waals surface area (Å²) in [7, 11) is 0. The first-order valence-corrected chi connectivity index (χ1v) is 25.5. The highest BCUT2D eigenvalue weighted by atomic mass is 16.6. The SMILES string of the molecule is CCCCCCCC(CCCCCCC)OC(=O)COCC(COCC(=O)OC(CCCCCCC)CCCCCCC)OCc1ccccc1.OCC(CO)OCc1ccccc1. The lowest BCUT2D eigenvalue weighted by Gasteiger charge is -2.21. The molecule has 0 aliphatic carbocycles. The Bertz CT molecular complexity index is 1210. The topological polar surface area (TPSA) is 130 Å². The number of carbonyl (C=O) groups excluding carboxylic acids is 2. The summed E-state index contributed by atoms with van der Waals surface area (Å²) in [5.74, 6) is -0.660. The van der Waals surface area contributed by atoms with Crippen LogP contribution in [0.25, 0.3) is 0 Å². The Hall–Kier alpha value is -2.86. The van der Waals surface area contributed by atoms with Crippen molar-refractivity contribution in [2.75, 3.05) is 39.6 Å². The molecule has 0 fully saturated rings. The summed E-state index contributed by atoms with van der Waals surface area (Å²) in [4.78, 5) is 25.7. The Morgan fingerprint density at radius 3 is 1.05 bits per heavy atom. The van der Waals surface area contributed by atoms with Gasteiger partial charge in [-0.3, -0.25) is 0 Å². The molecule has 0 saturated heterocycles. The fourth-order valence-electron chi connectivity index (χ4n) is 7.30. The molecule has 0 amide bonds. The maximum Gasteiger partial charge on any atom is 0.332 e. The van der Waals surface area contributed by atoms with Crippen molar-refractivity contribution in [1.29, 1.82) is 0 Å². The van der Waals surface area contributed by atoms with E-state index in [0.717, 1.165) is 62.5 Å². The Morgan fingerprint density at radius 1 is 0.422 bits per heavy atom. The summed E-state index contributed by atoms with van der Waals surface area (Å²) in [6.45, 7) is 9.46. The van der Waals surface area contributed by atoms with Gasteiger partial charge in [-0.25, -0.2) is 9.59 Å². The van der Waals surface area contributed by atoms with Gasteiger partial charge < -0.3 is 38.6 Å². The molecule has 0 aliphatic rings. The van der Waals surface area contributed by atoms with Crippen LogP contribution in [-0.4, -0.2) is 86.2 Å². The molecule has 2 rings (SSSR count). The first kappa shape index (κ1) is 59.2. The zero-order chi connectivity index (χ0) is 46.6. The standard InChI is InChI=1S/C44H78O7.C10H14O3/c1-5-9-13-17-24-30-40(31-25-18-14-10-6-2)50-43(45)37-47-35-42(49-34-39-28-22-21-23-29-39)36-48-38-44(46)51-41(32-26-19-15-11-7-3)33-27-20-16-12-8-4;11-6-10(7-12)13-8-9-4-2-1-3-5-9/h21-23,28-29,40-42H,5-20,24-27,30-38H2,1-4H3;1-5,10-12H,6-8H2. The molecule has 0 unspecified atom stereocenters. The van der Waals surface area contributed by atoms with E-state index in [1.165, 1.54) is 103 Å². The Morgan fingerprint density at radius 2 is 0.734 bits per heavy atom. The monoisotopic (exact) mass is 901 g/mol. The molecule has 0 radical (unpaired) electrons. The van der Waals surface area contributed by atoms with E-state index in [1.807, 2.05) is 60.7 Å². The molecule has 0 saturated carbocycles. The smallest absolute Gasteiger partial charge is 0.332 e. The lowest BCUT2D eigenvalue weighted by molar-refractivity contribution is -0.159. The normalized spacial score (nSPS) is 11.4. The number of carbonyl (C=O) groups is 2. The van der Waals surface area contributed by atoms with E-state index < -0.39 is 12.2 Å². The molecule has 0 aliphatic heterocycles. The Kier molecular flexibility index (Phi) is 40.7. The van der Waals surface area contributed by atoms with Crippen LogP contribution in [0, 0.1) is 0 Å². The molecule has 2 aromatic rings. The Labute approximate surface area is 389 Å². The van der Waals surface area contributed by atoms with Crippen molar-refractivity contribution in [2.24, 2.45) is 0 Å². The third-order valence-electron chi connectivity index (χ3n) is 11.2. The van der Waals surface area contributed by atoms with E-state index in [1.54, 1.807) is 0 Å². The van der Waals surface area contributed by atoms with Gasteiger partial charge in [0.05, 0.1) is 39.6 Å². The zero-order valence-electron chi connectivity index (χ0n) is 40.9. The molecule has 0 bridgehead atoms. The second kappa shape index (κ2) is 44.0. The van der Waals surface area contributed by atoms with Crippen molar-refractivity contribution in [3.8, 4) is 0 Å². The van der Waals surface area contributed by atoms with Gasteiger partial charge in [-0.05, 0) is 62.5 Å². The number of aliphatic hydroxyl groups is 2. The van der Waals surface area contributed by atoms with Crippen molar-refractivity contribution < 1.29 is 48.2 Å². The minimum Gasteiger partial charge on any atom is -0.461 e. The van der Waals surface area contributed by atoms with E-state index in [9.17, 15) is 9.59 Å². The first-order valence-electron chi connectivity index (χ1n) is 25.5. The molecule has 64 heavy (non-hydrogen) atoms. The lowest BCUT2D eigenvalue weighted by Crippen LogP contribution is -2.30. The number of hydrogen-bond donors (Lipinski definition) is 2. The molecule has 2 aromatic carbocycles. The van der Waals surface area contributed by atoms with Gasteiger partial charge in [0.15, 0.2) is 0 Å². The summed E-state index contributed by atoms with van der Waals surface area (Å²) >= 11 is 0. The van der Waals surface area contributed by atoms with E-state index in [-0.39, 0.29) is 63.8 Å². The molecule has 10 nitrogen and oxygen atoms in total. The fraction of sp³-hybridized carbons (Fsp3) is 0.741. The van der Waals surface area contributed by atoms with Crippen LogP contribution >= 0.6 is 0 Å². The van der Waals surface area contributed by atoms with E-state index in [4.69, 9.17) is 38.6 Å². The predicted octanol–water partition coefficient (Wildman–Crippen LogP) is 12.4. The van der Waals surface area contributed by atoms with Crippen LogP contribution in [0.4, 0.5) is 0 Å². The van der Waals surface area contributed by atoms with Crippen LogP contribution in [-0.2, 0) is 51.2 Å². The average molecular weight is 901 g/mol. The zero-order valence-corrected chi connectivity index (χ0v) is 40.9. The number of unbranched alkanes of at least 4 members (excludes halogenated alkanes) is 16. The number of hydrogen-bond acceptors (Lipinski definition) is 10. The molecular formula is C54H92O10. The molecule has 0 spiro atoms. The molecule has 0 aromatic heterocycles.